The van der Waals surface area contributed by atoms with Gasteiger partial charge in [-0.25, -0.2) is 4.79 Å². The normalized spacial score (nSPS) is 27.8. The lowest BCUT2D eigenvalue weighted by molar-refractivity contribution is -0.318. The van der Waals surface area contributed by atoms with Crippen molar-refractivity contribution in [2.24, 2.45) is 0 Å². The third-order valence-corrected chi connectivity index (χ3v) is 5.92. The number of aliphatic carboxylic acids is 1. The Hall–Kier alpha value is -2.04. The van der Waals surface area contributed by atoms with Crippen molar-refractivity contribution in [1.29, 1.82) is 0 Å². The molecule has 2 aromatic carbocycles. The van der Waals surface area contributed by atoms with Crippen molar-refractivity contribution in [2.75, 3.05) is 20.6 Å². The number of benzene rings is 2. The molecular weight excluding hydrogens is 438 g/mol. The molecular formula is C23H28ClNO7. The second-order valence-corrected chi connectivity index (χ2v) is 8.49. The van der Waals surface area contributed by atoms with Crippen LogP contribution in [0.15, 0.2) is 54.6 Å². The molecule has 0 saturated carbocycles. The molecule has 0 aliphatic carbocycles. The van der Waals surface area contributed by atoms with Crippen molar-refractivity contribution in [3.63, 3.8) is 0 Å². The molecule has 0 spiro atoms. The van der Waals surface area contributed by atoms with Gasteiger partial charge in [0.25, 0.3) is 0 Å². The summed E-state index contributed by atoms with van der Waals surface area (Å²) >= 11 is 6.58. The van der Waals surface area contributed by atoms with E-state index in [0.29, 0.717) is 29.1 Å². The predicted octanol–water partition coefficient (Wildman–Crippen LogP) is 1.44. The molecule has 0 bridgehead atoms. The van der Waals surface area contributed by atoms with E-state index in [2.05, 4.69) is 0 Å². The molecule has 6 atom stereocenters. The van der Waals surface area contributed by atoms with Crippen LogP contribution in [0, 0.1) is 0 Å². The number of rotatable bonds is 8. The van der Waals surface area contributed by atoms with Gasteiger partial charge in [0.2, 0.25) is 0 Å². The molecule has 3 rings (SSSR count). The number of aliphatic hydroxyl groups is 3. The zero-order valence-corrected chi connectivity index (χ0v) is 18.6. The van der Waals surface area contributed by atoms with Gasteiger partial charge >= 0.3 is 5.97 Å². The molecule has 1 heterocycles. The fourth-order valence-electron chi connectivity index (χ4n) is 3.85. The predicted molar refractivity (Wildman–Crippen MR) is 117 cm³/mol. The summed E-state index contributed by atoms with van der Waals surface area (Å²) in [5, 5.41) is 40.8. The lowest BCUT2D eigenvalue weighted by Gasteiger charge is -2.44. The minimum Gasteiger partial charge on any atom is -0.479 e. The average molecular weight is 466 g/mol. The molecule has 0 radical (unpaired) electrons. The Labute approximate surface area is 191 Å². The highest BCUT2D eigenvalue weighted by molar-refractivity contribution is 6.31. The Morgan fingerprint density at radius 1 is 1.03 bits per heavy atom. The smallest absolute Gasteiger partial charge is 0.335 e. The van der Waals surface area contributed by atoms with Crippen LogP contribution in [-0.2, 0) is 19.9 Å². The third-order valence-electron chi connectivity index (χ3n) is 5.59. The van der Waals surface area contributed by atoms with Crippen LogP contribution in [0.2, 0.25) is 5.02 Å². The zero-order chi connectivity index (χ0) is 23.5. The molecule has 1 saturated heterocycles. The van der Waals surface area contributed by atoms with Crippen molar-refractivity contribution >= 4 is 17.6 Å². The van der Waals surface area contributed by atoms with Crippen LogP contribution >= 0.6 is 11.6 Å². The van der Waals surface area contributed by atoms with E-state index in [9.17, 15) is 25.2 Å². The third kappa shape index (κ3) is 4.97. The number of hydrogen-bond acceptors (Lipinski definition) is 7. The number of halogens is 1. The van der Waals surface area contributed by atoms with Crippen LogP contribution in [0.5, 0.6) is 0 Å². The highest BCUT2D eigenvalue weighted by Crippen LogP contribution is 2.43. The van der Waals surface area contributed by atoms with E-state index < -0.39 is 42.3 Å². The van der Waals surface area contributed by atoms with Gasteiger partial charge in [0.15, 0.2) is 12.4 Å². The standard InChI is InChI=1S/C23H28ClNO7/c1-25(2)13-12-23(14-8-4-3-5-9-14,15-10-6-7-11-16(15)24)32-22-19(28)17(26)18(27)20(31-22)21(29)30/h3-11,17-20,22,26-28H,12-13H2,1-2H3,(H,29,30). The van der Waals surface area contributed by atoms with Gasteiger partial charge in [0, 0.05) is 17.1 Å². The molecule has 0 amide bonds. The molecule has 1 aliphatic heterocycles. The maximum absolute atomic E-state index is 11.6. The maximum atomic E-state index is 11.6. The number of carboxylic acids is 1. The Kier molecular flexibility index (Phi) is 7.89. The minimum atomic E-state index is -1.81. The molecule has 2 aromatic rings. The van der Waals surface area contributed by atoms with Crippen LogP contribution in [0.25, 0.3) is 0 Å². The largest absolute Gasteiger partial charge is 0.479 e. The monoisotopic (exact) mass is 465 g/mol. The van der Waals surface area contributed by atoms with E-state index in [-0.39, 0.29) is 0 Å². The van der Waals surface area contributed by atoms with Crippen molar-refractivity contribution in [2.45, 2.75) is 42.7 Å². The molecule has 4 N–H and O–H groups in total. The van der Waals surface area contributed by atoms with E-state index in [1.54, 1.807) is 24.3 Å². The fourth-order valence-corrected chi connectivity index (χ4v) is 4.14. The average Bonchev–Trinajstić information content (AvgIpc) is 2.77. The van der Waals surface area contributed by atoms with Crippen molar-refractivity contribution in [1.82, 2.24) is 4.90 Å². The topological polar surface area (TPSA) is 120 Å². The van der Waals surface area contributed by atoms with Gasteiger partial charge in [-0.1, -0.05) is 60.1 Å². The van der Waals surface area contributed by atoms with Crippen molar-refractivity contribution in [3.05, 3.63) is 70.7 Å². The molecule has 6 unspecified atom stereocenters. The summed E-state index contributed by atoms with van der Waals surface area (Å²) in [6.45, 7) is 0.552. The summed E-state index contributed by atoms with van der Waals surface area (Å²) in [6.07, 6.45) is -8.22. The Bertz CT molecular complexity index is 912. The second kappa shape index (κ2) is 10.3. The summed E-state index contributed by atoms with van der Waals surface area (Å²) in [4.78, 5) is 13.5. The first-order chi connectivity index (χ1) is 15.2. The summed E-state index contributed by atoms with van der Waals surface area (Å²) in [5.41, 5.74) is 0.0527. The lowest BCUT2D eigenvalue weighted by atomic mass is 9.82. The molecule has 0 aromatic heterocycles. The number of hydrogen-bond donors (Lipinski definition) is 4. The number of nitrogens with zero attached hydrogens (tertiary/aromatic N) is 1. The van der Waals surface area contributed by atoms with Gasteiger partial charge in [-0.3, -0.25) is 0 Å². The van der Waals surface area contributed by atoms with Gasteiger partial charge in [-0.05, 0) is 32.1 Å². The van der Waals surface area contributed by atoms with Crippen molar-refractivity contribution in [3.8, 4) is 0 Å². The maximum Gasteiger partial charge on any atom is 0.335 e. The van der Waals surface area contributed by atoms with Crippen LogP contribution in [0.1, 0.15) is 17.5 Å². The Morgan fingerprint density at radius 3 is 2.25 bits per heavy atom. The van der Waals surface area contributed by atoms with E-state index in [4.69, 9.17) is 21.1 Å². The summed E-state index contributed by atoms with van der Waals surface area (Å²) < 4.78 is 11.8. The molecule has 1 aliphatic rings. The number of aliphatic hydroxyl groups excluding tert-OH is 3. The number of carboxylic acid groups (broad SMARTS) is 1. The van der Waals surface area contributed by atoms with Crippen molar-refractivity contribution < 1.29 is 34.7 Å². The Balaban J connectivity index is 2.13. The van der Waals surface area contributed by atoms with E-state index >= 15 is 0 Å². The zero-order valence-electron chi connectivity index (χ0n) is 17.8. The molecule has 32 heavy (non-hydrogen) atoms. The van der Waals surface area contributed by atoms with Crippen LogP contribution in [0.3, 0.4) is 0 Å². The second-order valence-electron chi connectivity index (χ2n) is 8.08. The fraction of sp³-hybridized carbons (Fsp3) is 0.435. The summed E-state index contributed by atoms with van der Waals surface area (Å²) in [6, 6.07) is 16.3. The minimum absolute atomic E-state index is 0.372. The lowest BCUT2D eigenvalue weighted by Crippen LogP contribution is -2.61. The first-order valence-corrected chi connectivity index (χ1v) is 10.6. The molecule has 174 valence electrons. The van der Waals surface area contributed by atoms with Crippen LogP contribution < -0.4 is 0 Å². The summed E-state index contributed by atoms with van der Waals surface area (Å²) in [7, 11) is 3.80. The van der Waals surface area contributed by atoms with E-state index in [0.717, 1.165) is 0 Å². The van der Waals surface area contributed by atoms with Gasteiger partial charge in [-0.2, -0.15) is 0 Å². The van der Waals surface area contributed by atoms with Gasteiger partial charge in [0.1, 0.15) is 23.9 Å². The first-order valence-electron chi connectivity index (χ1n) is 10.2. The first kappa shape index (κ1) is 24.6. The van der Waals surface area contributed by atoms with Crippen LogP contribution in [-0.4, -0.2) is 82.6 Å². The van der Waals surface area contributed by atoms with Gasteiger partial charge in [-0.15, -0.1) is 0 Å². The molecule has 9 heteroatoms. The van der Waals surface area contributed by atoms with Gasteiger partial charge in [0.05, 0.1) is 0 Å². The van der Waals surface area contributed by atoms with E-state index in [1.165, 1.54) is 0 Å². The highest BCUT2D eigenvalue weighted by Gasteiger charge is 2.51. The highest BCUT2D eigenvalue weighted by atomic mass is 35.5. The SMILES string of the molecule is CN(C)CCC(OC1OC(C(=O)O)C(O)C(O)C1O)(c1ccccc1)c1ccccc1Cl. The quantitative estimate of drug-likeness (QED) is 0.462. The Morgan fingerprint density at radius 2 is 1.66 bits per heavy atom. The number of ether oxygens (including phenoxy) is 2. The summed E-state index contributed by atoms with van der Waals surface area (Å²) in [5.74, 6) is -1.48. The molecule has 1 fully saturated rings. The molecule has 8 nitrogen and oxygen atoms in total. The number of carbonyl (C=O) groups is 1. The van der Waals surface area contributed by atoms with E-state index in [1.807, 2.05) is 49.3 Å². The van der Waals surface area contributed by atoms with Gasteiger partial charge < -0.3 is 34.8 Å². The van der Waals surface area contributed by atoms with Crippen LogP contribution in [0.4, 0.5) is 0 Å².